The highest BCUT2D eigenvalue weighted by molar-refractivity contribution is 6.29. The maximum Gasteiger partial charge on any atom is 0.404 e. The number of piperidine rings is 1. The van der Waals surface area contributed by atoms with Gasteiger partial charge in [-0.2, -0.15) is 0 Å². The molecule has 2 heterocycles. The molecule has 1 saturated heterocycles. The first-order valence-corrected chi connectivity index (χ1v) is 6.90. The van der Waals surface area contributed by atoms with Crippen LogP contribution in [0.25, 0.3) is 0 Å². The zero-order chi connectivity index (χ0) is 16.3. The molecule has 2 rings (SSSR count). The van der Waals surface area contributed by atoms with E-state index in [4.69, 9.17) is 17.3 Å². The van der Waals surface area contributed by atoms with Crippen LogP contribution in [0.2, 0.25) is 5.15 Å². The lowest BCUT2D eigenvalue weighted by atomic mass is 9.99. The standard InChI is InChI=1S/C13H14ClF2N3O3/c14-10-3-1-2-9(18-10)11(20)19-7-13(15,16)5-4-8(19)6-22-12(17)21/h1-3,8H,4-7H2,(H2,17,21). The average Bonchev–Trinajstić information content (AvgIpc) is 2.44. The van der Waals surface area contributed by atoms with Gasteiger partial charge in [0.15, 0.2) is 0 Å². The third-order valence-electron chi connectivity index (χ3n) is 3.30. The quantitative estimate of drug-likeness (QED) is 0.858. The van der Waals surface area contributed by atoms with Crippen LogP contribution in [-0.4, -0.2) is 47.0 Å². The Morgan fingerprint density at radius 1 is 1.50 bits per heavy atom. The third-order valence-corrected chi connectivity index (χ3v) is 3.51. The molecule has 0 bridgehead atoms. The fourth-order valence-electron chi connectivity index (χ4n) is 2.25. The van der Waals surface area contributed by atoms with E-state index in [1.54, 1.807) is 0 Å². The molecule has 0 aromatic carbocycles. The summed E-state index contributed by atoms with van der Waals surface area (Å²) >= 11 is 5.71. The number of carbonyl (C=O) groups is 2. The molecule has 0 radical (unpaired) electrons. The van der Waals surface area contributed by atoms with E-state index in [1.807, 2.05) is 0 Å². The van der Waals surface area contributed by atoms with Gasteiger partial charge in [0, 0.05) is 6.42 Å². The second-order valence-electron chi connectivity index (χ2n) is 4.96. The number of rotatable bonds is 3. The van der Waals surface area contributed by atoms with Crippen molar-refractivity contribution in [2.45, 2.75) is 24.8 Å². The summed E-state index contributed by atoms with van der Waals surface area (Å²) in [4.78, 5) is 27.8. The van der Waals surface area contributed by atoms with Crippen molar-refractivity contribution in [1.29, 1.82) is 0 Å². The van der Waals surface area contributed by atoms with Crippen molar-refractivity contribution in [3.63, 3.8) is 0 Å². The van der Waals surface area contributed by atoms with Crippen LogP contribution in [0.5, 0.6) is 0 Å². The van der Waals surface area contributed by atoms with E-state index in [9.17, 15) is 18.4 Å². The summed E-state index contributed by atoms with van der Waals surface area (Å²) < 4.78 is 31.9. The summed E-state index contributed by atoms with van der Waals surface area (Å²) in [7, 11) is 0. The Bertz CT molecular complexity index is 585. The van der Waals surface area contributed by atoms with Crippen LogP contribution in [0.4, 0.5) is 13.6 Å². The largest absolute Gasteiger partial charge is 0.448 e. The molecule has 1 atom stereocenters. The number of pyridine rings is 1. The zero-order valence-electron chi connectivity index (χ0n) is 11.5. The Morgan fingerprint density at radius 3 is 2.86 bits per heavy atom. The van der Waals surface area contributed by atoms with E-state index in [2.05, 4.69) is 9.72 Å². The molecule has 1 unspecified atom stereocenters. The second-order valence-corrected chi connectivity index (χ2v) is 5.34. The van der Waals surface area contributed by atoms with Crippen molar-refractivity contribution in [3.8, 4) is 0 Å². The third kappa shape index (κ3) is 4.03. The topological polar surface area (TPSA) is 85.5 Å². The van der Waals surface area contributed by atoms with Crippen molar-refractivity contribution in [2.75, 3.05) is 13.2 Å². The number of hydrogen-bond donors (Lipinski definition) is 1. The Labute approximate surface area is 130 Å². The second kappa shape index (κ2) is 6.43. The normalized spacial score (nSPS) is 20.5. The van der Waals surface area contributed by atoms with Crippen molar-refractivity contribution < 1.29 is 23.1 Å². The van der Waals surface area contributed by atoms with Crippen LogP contribution < -0.4 is 5.73 Å². The molecule has 1 aliphatic heterocycles. The highest BCUT2D eigenvalue weighted by Gasteiger charge is 2.43. The SMILES string of the molecule is NC(=O)OCC1CCC(F)(F)CN1C(=O)c1cccc(Cl)n1. The number of hydrogen-bond acceptors (Lipinski definition) is 4. The number of likely N-dealkylation sites (tertiary alicyclic amines) is 1. The number of halogens is 3. The van der Waals surface area contributed by atoms with Gasteiger partial charge in [0.05, 0.1) is 12.6 Å². The molecule has 6 nitrogen and oxygen atoms in total. The van der Waals surface area contributed by atoms with Gasteiger partial charge in [0.2, 0.25) is 0 Å². The van der Waals surface area contributed by atoms with Crippen LogP contribution in [0.3, 0.4) is 0 Å². The molecule has 2 N–H and O–H groups in total. The summed E-state index contributed by atoms with van der Waals surface area (Å²) in [5.41, 5.74) is 4.83. The number of carbonyl (C=O) groups excluding carboxylic acids is 2. The molecule has 1 fully saturated rings. The fraction of sp³-hybridized carbons (Fsp3) is 0.462. The number of ether oxygens (including phenoxy) is 1. The minimum absolute atomic E-state index is 0.00736. The molecule has 22 heavy (non-hydrogen) atoms. The summed E-state index contributed by atoms with van der Waals surface area (Å²) in [5, 5.41) is 0.0829. The lowest BCUT2D eigenvalue weighted by Crippen LogP contribution is -2.53. The van der Waals surface area contributed by atoms with Gasteiger partial charge < -0.3 is 15.4 Å². The number of nitrogens with zero attached hydrogens (tertiary/aromatic N) is 2. The predicted octanol–water partition coefficient (Wildman–Crippen LogP) is 2.07. The lowest BCUT2D eigenvalue weighted by Gasteiger charge is -2.38. The molecule has 9 heteroatoms. The van der Waals surface area contributed by atoms with Crippen molar-refractivity contribution in [2.24, 2.45) is 5.73 Å². The minimum Gasteiger partial charge on any atom is -0.448 e. The highest BCUT2D eigenvalue weighted by Crippen LogP contribution is 2.31. The molecule has 1 aromatic rings. The first-order chi connectivity index (χ1) is 10.3. The molecule has 120 valence electrons. The molecular weight excluding hydrogens is 320 g/mol. The molecule has 0 saturated carbocycles. The molecule has 0 aliphatic carbocycles. The van der Waals surface area contributed by atoms with E-state index < -0.39 is 36.9 Å². The fourth-order valence-corrected chi connectivity index (χ4v) is 2.42. The van der Waals surface area contributed by atoms with Crippen LogP contribution in [-0.2, 0) is 4.74 Å². The average molecular weight is 334 g/mol. The summed E-state index contributed by atoms with van der Waals surface area (Å²) in [6.45, 7) is -1.01. The first-order valence-electron chi connectivity index (χ1n) is 6.52. The Morgan fingerprint density at radius 2 is 2.23 bits per heavy atom. The first kappa shape index (κ1) is 16.4. The molecule has 1 aliphatic rings. The van der Waals surface area contributed by atoms with Crippen LogP contribution in [0.15, 0.2) is 18.2 Å². The van der Waals surface area contributed by atoms with Gasteiger partial charge in [-0.05, 0) is 18.6 Å². The van der Waals surface area contributed by atoms with Gasteiger partial charge in [-0.25, -0.2) is 18.6 Å². The number of primary amides is 1. The van der Waals surface area contributed by atoms with Crippen LogP contribution >= 0.6 is 11.6 Å². The Kier molecular flexibility index (Phi) is 4.80. The van der Waals surface area contributed by atoms with E-state index in [1.165, 1.54) is 18.2 Å². The van der Waals surface area contributed by atoms with Crippen molar-refractivity contribution >= 4 is 23.6 Å². The predicted molar refractivity (Wildman–Crippen MR) is 73.8 cm³/mol. The lowest BCUT2D eigenvalue weighted by molar-refractivity contribution is -0.0788. The summed E-state index contributed by atoms with van der Waals surface area (Å²) in [6, 6.07) is 3.67. The maximum absolute atomic E-state index is 13.6. The van der Waals surface area contributed by atoms with Gasteiger partial charge in [-0.1, -0.05) is 17.7 Å². The summed E-state index contributed by atoms with van der Waals surface area (Å²) in [5.74, 6) is -3.70. The summed E-state index contributed by atoms with van der Waals surface area (Å²) in [6.07, 6.45) is -1.43. The molecule has 2 amide bonds. The van der Waals surface area contributed by atoms with Gasteiger partial charge >= 0.3 is 6.09 Å². The van der Waals surface area contributed by atoms with Gasteiger partial charge in [0.1, 0.15) is 17.5 Å². The Hall–Kier alpha value is -1.96. The Balaban J connectivity index is 2.20. The minimum atomic E-state index is -3.00. The molecule has 0 spiro atoms. The number of nitrogens with two attached hydrogens (primary N) is 1. The monoisotopic (exact) mass is 333 g/mol. The zero-order valence-corrected chi connectivity index (χ0v) is 12.2. The molecular formula is C13H14ClF2N3O3. The highest BCUT2D eigenvalue weighted by atomic mass is 35.5. The molecule has 1 aromatic heterocycles. The van der Waals surface area contributed by atoms with Gasteiger partial charge in [-0.15, -0.1) is 0 Å². The number of aromatic nitrogens is 1. The maximum atomic E-state index is 13.6. The smallest absolute Gasteiger partial charge is 0.404 e. The van der Waals surface area contributed by atoms with Crippen molar-refractivity contribution in [3.05, 3.63) is 29.0 Å². The van der Waals surface area contributed by atoms with E-state index >= 15 is 0 Å². The van der Waals surface area contributed by atoms with Crippen molar-refractivity contribution in [1.82, 2.24) is 9.88 Å². The number of amides is 2. The van der Waals surface area contributed by atoms with Crippen LogP contribution in [0.1, 0.15) is 23.3 Å². The van der Waals surface area contributed by atoms with Gasteiger partial charge in [-0.3, -0.25) is 4.79 Å². The van der Waals surface area contributed by atoms with E-state index in [0.717, 1.165) is 4.90 Å². The number of alkyl halides is 2. The van der Waals surface area contributed by atoms with E-state index in [-0.39, 0.29) is 23.9 Å². The van der Waals surface area contributed by atoms with Crippen LogP contribution in [0, 0.1) is 0 Å². The van der Waals surface area contributed by atoms with Gasteiger partial charge in [0.25, 0.3) is 11.8 Å². The van der Waals surface area contributed by atoms with E-state index in [0.29, 0.717) is 0 Å².